The SMILES string of the molecule is Cc1ccc(Pc2cc(C)cc(C)c2O)c(CO)c1. The molecule has 100 valence electrons. The monoisotopic (exact) mass is 274 g/mol. The molecule has 3 heteroatoms. The Labute approximate surface area is 115 Å². The lowest BCUT2D eigenvalue weighted by Gasteiger charge is -2.12. The van der Waals surface area contributed by atoms with Crippen molar-refractivity contribution >= 4 is 19.2 Å². The van der Waals surface area contributed by atoms with E-state index in [4.69, 9.17) is 0 Å². The van der Waals surface area contributed by atoms with Crippen molar-refractivity contribution < 1.29 is 10.2 Å². The van der Waals surface area contributed by atoms with E-state index in [0.29, 0.717) is 14.3 Å². The number of aliphatic hydroxyl groups excluding tert-OH is 1. The Morgan fingerprint density at radius 3 is 2.37 bits per heavy atom. The van der Waals surface area contributed by atoms with Crippen molar-refractivity contribution in [3.63, 3.8) is 0 Å². The fourth-order valence-corrected chi connectivity index (χ4v) is 3.56. The topological polar surface area (TPSA) is 40.5 Å². The van der Waals surface area contributed by atoms with E-state index in [0.717, 1.165) is 32.9 Å². The van der Waals surface area contributed by atoms with Crippen LogP contribution in [0.1, 0.15) is 22.3 Å². The number of benzene rings is 2. The largest absolute Gasteiger partial charge is 0.507 e. The lowest BCUT2D eigenvalue weighted by molar-refractivity contribution is 0.283. The summed E-state index contributed by atoms with van der Waals surface area (Å²) in [5.41, 5.74) is 4.13. The molecule has 0 saturated heterocycles. The third-order valence-electron chi connectivity index (χ3n) is 3.15. The van der Waals surface area contributed by atoms with E-state index >= 15 is 0 Å². The van der Waals surface area contributed by atoms with Gasteiger partial charge in [0.25, 0.3) is 0 Å². The van der Waals surface area contributed by atoms with E-state index in [-0.39, 0.29) is 6.61 Å². The average molecular weight is 274 g/mol. The van der Waals surface area contributed by atoms with Crippen molar-refractivity contribution in [3.8, 4) is 5.75 Å². The Kier molecular flexibility index (Phi) is 4.24. The van der Waals surface area contributed by atoms with Crippen LogP contribution in [0, 0.1) is 20.8 Å². The standard InChI is InChI=1S/C16H19O2P/c1-10-4-5-14(13(7-10)9-17)19-15-8-11(2)6-12(3)16(15)18/h4-8,17-19H,9H2,1-3H3. The predicted molar refractivity (Wildman–Crippen MR) is 82.3 cm³/mol. The average Bonchev–Trinajstić information content (AvgIpc) is 2.37. The first kappa shape index (κ1) is 14.0. The van der Waals surface area contributed by atoms with Crippen LogP contribution in [-0.2, 0) is 6.61 Å². The maximum Gasteiger partial charge on any atom is 0.126 e. The second-order valence-corrected chi connectivity index (χ2v) is 6.25. The minimum Gasteiger partial charge on any atom is -0.507 e. The zero-order chi connectivity index (χ0) is 14.0. The van der Waals surface area contributed by atoms with Gasteiger partial charge in [0.15, 0.2) is 0 Å². The van der Waals surface area contributed by atoms with Crippen LogP contribution in [0.4, 0.5) is 0 Å². The third kappa shape index (κ3) is 3.15. The van der Waals surface area contributed by atoms with Crippen LogP contribution in [0.5, 0.6) is 5.75 Å². The molecule has 0 amide bonds. The molecule has 0 heterocycles. The minimum absolute atomic E-state index is 0.0373. The minimum atomic E-state index is 0.0373. The summed E-state index contributed by atoms with van der Waals surface area (Å²) in [7, 11) is 0.360. The van der Waals surface area contributed by atoms with Crippen LogP contribution >= 0.6 is 8.58 Å². The molecule has 0 aliphatic heterocycles. The highest BCUT2D eigenvalue weighted by Gasteiger charge is 2.09. The van der Waals surface area contributed by atoms with Gasteiger partial charge in [-0.3, -0.25) is 0 Å². The number of aryl methyl sites for hydroxylation is 3. The van der Waals surface area contributed by atoms with Crippen molar-refractivity contribution in [3.05, 3.63) is 52.6 Å². The number of aliphatic hydroxyl groups is 1. The van der Waals surface area contributed by atoms with Crippen molar-refractivity contribution in [2.45, 2.75) is 27.4 Å². The maximum absolute atomic E-state index is 10.1. The summed E-state index contributed by atoms with van der Waals surface area (Å²) in [4.78, 5) is 0. The van der Waals surface area contributed by atoms with Crippen LogP contribution in [0.3, 0.4) is 0 Å². The molecular weight excluding hydrogens is 255 g/mol. The quantitative estimate of drug-likeness (QED) is 0.844. The lowest BCUT2D eigenvalue weighted by Crippen LogP contribution is -2.11. The van der Waals surface area contributed by atoms with Gasteiger partial charge in [-0.2, -0.15) is 0 Å². The highest BCUT2D eigenvalue weighted by molar-refractivity contribution is 7.55. The van der Waals surface area contributed by atoms with E-state index in [1.165, 1.54) is 0 Å². The molecule has 2 N–H and O–H groups in total. The molecule has 2 nitrogen and oxygen atoms in total. The molecule has 2 aromatic carbocycles. The van der Waals surface area contributed by atoms with Crippen LogP contribution in [0.25, 0.3) is 0 Å². The molecule has 19 heavy (non-hydrogen) atoms. The van der Waals surface area contributed by atoms with Gasteiger partial charge in [-0.25, -0.2) is 0 Å². The Morgan fingerprint density at radius 2 is 1.68 bits per heavy atom. The van der Waals surface area contributed by atoms with Crippen molar-refractivity contribution in [1.82, 2.24) is 0 Å². The van der Waals surface area contributed by atoms with E-state index < -0.39 is 0 Å². The van der Waals surface area contributed by atoms with E-state index in [1.54, 1.807) is 0 Å². The van der Waals surface area contributed by atoms with Gasteiger partial charge in [0.2, 0.25) is 0 Å². The zero-order valence-corrected chi connectivity index (χ0v) is 12.5. The number of phenols is 1. The molecule has 2 aromatic rings. The summed E-state index contributed by atoms with van der Waals surface area (Å²) in [6, 6.07) is 10.1. The molecule has 1 unspecified atom stereocenters. The molecule has 0 bridgehead atoms. The number of aromatic hydroxyl groups is 1. The first-order valence-electron chi connectivity index (χ1n) is 6.29. The van der Waals surface area contributed by atoms with Crippen LogP contribution in [-0.4, -0.2) is 10.2 Å². The Balaban J connectivity index is 2.41. The summed E-state index contributed by atoms with van der Waals surface area (Å²) in [5, 5.41) is 21.6. The lowest BCUT2D eigenvalue weighted by atomic mass is 10.1. The fourth-order valence-electron chi connectivity index (χ4n) is 2.18. The highest BCUT2D eigenvalue weighted by Crippen LogP contribution is 2.24. The number of rotatable bonds is 3. The zero-order valence-electron chi connectivity index (χ0n) is 11.5. The molecule has 0 spiro atoms. The van der Waals surface area contributed by atoms with E-state index in [1.807, 2.05) is 51.1 Å². The number of hydrogen-bond donors (Lipinski definition) is 2. The first-order chi connectivity index (χ1) is 9.01. The molecular formula is C16H19O2P. The van der Waals surface area contributed by atoms with Crippen molar-refractivity contribution in [1.29, 1.82) is 0 Å². The Bertz CT molecular complexity index is 606. The van der Waals surface area contributed by atoms with Crippen LogP contribution < -0.4 is 10.6 Å². The summed E-state index contributed by atoms with van der Waals surface area (Å²) < 4.78 is 0. The molecule has 0 radical (unpaired) electrons. The number of phenolic OH excluding ortho intramolecular Hbond substituents is 1. The van der Waals surface area contributed by atoms with Crippen LogP contribution in [0.2, 0.25) is 0 Å². The van der Waals surface area contributed by atoms with Gasteiger partial charge >= 0.3 is 0 Å². The van der Waals surface area contributed by atoms with Crippen molar-refractivity contribution in [2.24, 2.45) is 0 Å². The molecule has 0 fully saturated rings. The molecule has 0 saturated carbocycles. The fraction of sp³-hybridized carbons (Fsp3) is 0.250. The predicted octanol–water partition coefficient (Wildman–Crippen LogP) is 2.44. The first-order valence-corrected chi connectivity index (χ1v) is 7.29. The third-order valence-corrected chi connectivity index (χ3v) is 4.55. The van der Waals surface area contributed by atoms with Gasteiger partial charge < -0.3 is 10.2 Å². The van der Waals surface area contributed by atoms with Crippen LogP contribution in [0.15, 0.2) is 30.3 Å². The number of hydrogen-bond acceptors (Lipinski definition) is 2. The van der Waals surface area contributed by atoms with Crippen molar-refractivity contribution in [2.75, 3.05) is 0 Å². The second kappa shape index (κ2) is 5.73. The molecule has 1 atom stereocenters. The second-order valence-electron chi connectivity index (χ2n) is 4.92. The van der Waals surface area contributed by atoms with Gasteiger partial charge in [-0.1, -0.05) is 38.4 Å². The van der Waals surface area contributed by atoms with Gasteiger partial charge in [0, 0.05) is 5.30 Å². The highest BCUT2D eigenvalue weighted by atomic mass is 31.1. The summed E-state index contributed by atoms with van der Waals surface area (Å²) >= 11 is 0. The van der Waals surface area contributed by atoms with E-state index in [9.17, 15) is 10.2 Å². The normalized spacial score (nSPS) is 11.4. The molecule has 2 rings (SSSR count). The van der Waals surface area contributed by atoms with Gasteiger partial charge in [0.1, 0.15) is 5.75 Å². The summed E-state index contributed by atoms with van der Waals surface area (Å²) in [5.74, 6) is 0.369. The molecule has 0 aliphatic rings. The van der Waals surface area contributed by atoms with Gasteiger partial charge in [-0.05, 0) is 48.8 Å². The molecule has 0 aliphatic carbocycles. The van der Waals surface area contributed by atoms with Gasteiger partial charge in [-0.15, -0.1) is 0 Å². The van der Waals surface area contributed by atoms with Gasteiger partial charge in [0.05, 0.1) is 6.61 Å². The maximum atomic E-state index is 10.1. The Morgan fingerprint density at radius 1 is 0.947 bits per heavy atom. The molecule has 0 aromatic heterocycles. The summed E-state index contributed by atoms with van der Waals surface area (Å²) in [6.45, 7) is 6.00. The smallest absolute Gasteiger partial charge is 0.126 e. The Hall–Kier alpha value is -1.37. The summed E-state index contributed by atoms with van der Waals surface area (Å²) in [6.07, 6.45) is 0. The van der Waals surface area contributed by atoms with E-state index in [2.05, 4.69) is 0 Å².